The number of thiophene rings is 1. The van der Waals surface area contributed by atoms with Crippen molar-refractivity contribution in [3.05, 3.63) is 57.9 Å². The van der Waals surface area contributed by atoms with Gasteiger partial charge in [0, 0.05) is 28.4 Å². The van der Waals surface area contributed by atoms with Crippen molar-refractivity contribution in [1.82, 2.24) is 10.3 Å². The predicted octanol–water partition coefficient (Wildman–Crippen LogP) is 2.60. The molecule has 0 bridgehead atoms. The Balaban J connectivity index is 1.62. The van der Waals surface area contributed by atoms with Crippen molar-refractivity contribution in [1.29, 1.82) is 0 Å². The normalized spacial score (nSPS) is 11.8. The fourth-order valence-electron chi connectivity index (χ4n) is 2.84. The van der Waals surface area contributed by atoms with Crippen LogP contribution < -0.4 is 5.32 Å². The third-order valence-corrected chi connectivity index (χ3v) is 5.18. The van der Waals surface area contributed by atoms with Gasteiger partial charge in [0.2, 0.25) is 0 Å². The van der Waals surface area contributed by atoms with Gasteiger partial charge in [-0.15, -0.1) is 11.3 Å². The lowest BCUT2D eigenvalue weighted by atomic mass is 10.0. The monoisotopic (exact) mass is 400 g/mol. The molecule has 1 aromatic carbocycles. The number of aromatic amines is 1. The lowest BCUT2D eigenvalue weighted by Crippen LogP contribution is -2.44. The summed E-state index contributed by atoms with van der Waals surface area (Å²) in [5, 5.41) is 3.54. The molecule has 1 amide bonds. The molecule has 0 aliphatic carbocycles. The number of hydrogen-bond donors (Lipinski definition) is 2. The number of H-pyrrole nitrogens is 1. The number of amides is 1. The average molecular weight is 400 g/mol. The van der Waals surface area contributed by atoms with E-state index in [1.165, 1.54) is 18.4 Å². The Morgan fingerprint density at radius 3 is 2.68 bits per heavy atom. The molecule has 0 unspecified atom stereocenters. The third-order valence-electron chi connectivity index (χ3n) is 4.20. The number of aromatic nitrogens is 1. The minimum absolute atomic E-state index is 0.250. The van der Waals surface area contributed by atoms with Crippen LogP contribution in [-0.2, 0) is 25.5 Å². The van der Waals surface area contributed by atoms with Crippen LogP contribution >= 0.6 is 11.3 Å². The van der Waals surface area contributed by atoms with E-state index in [9.17, 15) is 14.4 Å². The summed E-state index contributed by atoms with van der Waals surface area (Å²) in [6, 6.07) is 10.2. The highest BCUT2D eigenvalue weighted by Crippen LogP contribution is 2.19. The van der Waals surface area contributed by atoms with Crippen molar-refractivity contribution in [2.24, 2.45) is 0 Å². The molecule has 0 aliphatic rings. The highest BCUT2D eigenvalue weighted by molar-refractivity contribution is 7.13. The number of carbonyl (C=O) groups excluding carboxylic acids is 3. The number of rotatable bonds is 7. The van der Waals surface area contributed by atoms with Crippen LogP contribution in [-0.4, -0.2) is 42.6 Å². The van der Waals surface area contributed by atoms with E-state index in [1.54, 1.807) is 18.3 Å². The first kappa shape index (κ1) is 19.6. The van der Waals surface area contributed by atoms with Crippen LogP contribution in [0.3, 0.4) is 0 Å². The maximum Gasteiger partial charge on any atom is 0.348 e. The van der Waals surface area contributed by atoms with Crippen molar-refractivity contribution in [3.8, 4) is 0 Å². The van der Waals surface area contributed by atoms with Gasteiger partial charge in [-0.2, -0.15) is 0 Å². The largest absolute Gasteiger partial charge is 0.467 e. The molecule has 3 rings (SSSR count). The average Bonchev–Trinajstić information content (AvgIpc) is 3.31. The molecule has 0 aliphatic heterocycles. The topological polar surface area (TPSA) is 97.5 Å². The van der Waals surface area contributed by atoms with Gasteiger partial charge in [-0.25, -0.2) is 9.59 Å². The summed E-state index contributed by atoms with van der Waals surface area (Å²) in [6.45, 7) is 1.40. The highest BCUT2D eigenvalue weighted by Gasteiger charge is 2.24. The molecule has 0 radical (unpaired) electrons. The SMILES string of the molecule is COC(=O)[C@@H](Cc1c[nH]c2ccccc12)NC(=O)COC(=O)c1ccc(C)s1. The molecule has 0 saturated heterocycles. The molecule has 146 valence electrons. The van der Waals surface area contributed by atoms with E-state index in [0.29, 0.717) is 4.88 Å². The van der Waals surface area contributed by atoms with E-state index in [-0.39, 0.29) is 6.42 Å². The quantitative estimate of drug-likeness (QED) is 0.594. The van der Waals surface area contributed by atoms with Crippen molar-refractivity contribution in [2.45, 2.75) is 19.4 Å². The van der Waals surface area contributed by atoms with Crippen LogP contribution in [0.5, 0.6) is 0 Å². The highest BCUT2D eigenvalue weighted by atomic mass is 32.1. The van der Waals surface area contributed by atoms with Gasteiger partial charge in [-0.3, -0.25) is 4.79 Å². The molecule has 0 spiro atoms. The Hall–Kier alpha value is -3.13. The van der Waals surface area contributed by atoms with Crippen molar-refractivity contribution in [3.63, 3.8) is 0 Å². The molecular formula is C20H20N2O5S. The van der Waals surface area contributed by atoms with Crippen LogP contribution in [0, 0.1) is 6.92 Å². The number of para-hydroxylation sites is 1. The number of ether oxygens (including phenoxy) is 2. The summed E-state index contributed by atoms with van der Waals surface area (Å²) in [6.07, 6.45) is 2.05. The van der Waals surface area contributed by atoms with Gasteiger partial charge in [-0.05, 0) is 30.7 Å². The molecule has 2 heterocycles. The number of fused-ring (bicyclic) bond motifs is 1. The molecule has 2 N–H and O–H groups in total. The van der Waals surface area contributed by atoms with Crippen LogP contribution in [0.25, 0.3) is 10.9 Å². The zero-order chi connectivity index (χ0) is 20.1. The number of benzene rings is 1. The number of aryl methyl sites for hydroxylation is 1. The smallest absolute Gasteiger partial charge is 0.348 e. The molecule has 7 nitrogen and oxygen atoms in total. The number of nitrogens with one attached hydrogen (secondary N) is 2. The fraction of sp³-hybridized carbons (Fsp3) is 0.250. The van der Waals surface area contributed by atoms with Crippen molar-refractivity contribution in [2.75, 3.05) is 13.7 Å². The number of esters is 2. The summed E-state index contributed by atoms with van der Waals surface area (Å²) in [4.78, 5) is 40.8. The van der Waals surface area contributed by atoms with Crippen LogP contribution in [0.15, 0.2) is 42.6 Å². The molecule has 28 heavy (non-hydrogen) atoms. The van der Waals surface area contributed by atoms with E-state index in [0.717, 1.165) is 21.3 Å². The Kier molecular flexibility index (Phi) is 6.10. The molecule has 2 aromatic heterocycles. The van der Waals surface area contributed by atoms with Crippen molar-refractivity contribution >= 4 is 40.1 Å². The summed E-state index contributed by atoms with van der Waals surface area (Å²) in [7, 11) is 1.26. The first-order valence-electron chi connectivity index (χ1n) is 8.63. The van der Waals surface area contributed by atoms with Gasteiger partial charge in [-0.1, -0.05) is 18.2 Å². The first-order chi connectivity index (χ1) is 13.5. The Labute approximate surface area is 165 Å². The molecule has 0 fully saturated rings. The van der Waals surface area contributed by atoms with Crippen LogP contribution in [0.4, 0.5) is 0 Å². The van der Waals surface area contributed by atoms with E-state index in [2.05, 4.69) is 10.3 Å². The number of hydrogen-bond acceptors (Lipinski definition) is 6. The first-order valence-corrected chi connectivity index (χ1v) is 9.45. The summed E-state index contributed by atoms with van der Waals surface area (Å²) in [5.74, 6) is -1.71. The van der Waals surface area contributed by atoms with Gasteiger partial charge >= 0.3 is 11.9 Å². The molecule has 0 saturated carbocycles. The fourth-order valence-corrected chi connectivity index (χ4v) is 3.60. The lowest BCUT2D eigenvalue weighted by Gasteiger charge is -2.16. The third kappa shape index (κ3) is 4.58. The van der Waals surface area contributed by atoms with E-state index in [4.69, 9.17) is 9.47 Å². The molecule has 1 atom stereocenters. The Bertz CT molecular complexity index is 1010. The summed E-state index contributed by atoms with van der Waals surface area (Å²) < 4.78 is 9.83. The van der Waals surface area contributed by atoms with Gasteiger partial charge in [0.25, 0.3) is 5.91 Å². The summed E-state index contributed by atoms with van der Waals surface area (Å²) >= 11 is 1.29. The molecule has 3 aromatic rings. The predicted molar refractivity (Wildman–Crippen MR) is 105 cm³/mol. The van der Waals surface area contributed by atoms with E-state index < -0.39 is 30.5 Å². The van der Waals surface area contributed by atoms with Gasteiger partial charge in [0.1, 0.15) is 10.9 Å². The molecular weight excluding hydrogens is 380 g/mol. The number of carbonyl (C=O) groups is 3. The van der Waals surface area contributed by atoms with Gasteiger partial charge < -0.3 is 19.8 Å². The second-order valence-corrected chi connectivity index (χ2v) is 7.48. The second kappa shape index (κ2) is 8.71. The minimum atomic E-state index is -0.889. The van der Waals surface area contributed by atoms with Crippen LogP contribution in [0.1, 0.15) is 20.1 Å². The van der Waals surface area contributed by atoms with Crippen LogP contribution in [0.2, 0.25) is 0 Å². The Morgan fingerprint density at radius 1 is 1.18 bits per heavy atom. The van der Waals surface area contributed by atoms with Gasteiger partial charge in [0.15, 0.2) is 6.61 Å². The molecule has 8 heteroatoms. The Morgan fingerprint density at radius 2 is 1.96 bits per heavy atom. The standard InChI is InChI=1S/C20H20N2O5S/c1-12-7-8-17(28-12)20(25)27-11-18(23)22-16(19(24)26-2)9-13-10-21-15-6-4-3-5-14(13)15/h3-8,10,16,21H,9,11H2,1-2H3,(H,22,23)/t16-/m1/s1. The lowest BCUT2D eigenvalue weighted by molar-refractivity contribution is -0.145. The van der Waals surface area contributed by atoms with E-state index in [1.807, 2.05) is 31.2 Å². The van der Waals surface area contributed by atoms with E-state index >= 15 is 0 Å². The maximum absolute atomic E-state index is 12.2. The zero-order valence-corrected chi connectivity index (χ0v) is 16.3. The summed E-state index contributed by atoms with van der Waals surface area (Å²) in [5.41, 5.74) is 1.81. The van der Waals surface area contributed by atoms with Gasteiger partial charge in [0.05, 0.1) is 7.11 Å². The van der Waals surface area contributed by atoms with Crippen molar-refractivity contribution < 1.29 is 23.9 Å². The zero-order valence-electron chi connectivity index (χ0n) is 15.5. The maximum atomic E-state index is 12.2. The second-order valence-electron chi connectivity index (χ2n) is 6.19. The minimum Gasteiger partial charge on any atom is -0.467 e. The number of methoxy groups -OCH3 is 1.